The van der Waals surface area contributed by atoms with Crippen LogP contribution in [0.3, 0.4) is 0 Å². The van der Waals surface area contributed by atoms with Gasteiger partial charge in [-0.15, -0.1) is 0 Å². The van der Waals surface area contributed by atoms with Gasteiger partial charge in [0.15, 0.2) is 12.6 Å². The standard InChI is InChI=1S/C46H85NO13/c1-3-5-7-9-11-13-15-16-17-18-20-22-24-26-28-30-38(51)47-34(35(50)29-27-25-23-21-19-14-12-10-8-6-4-2)33-57-45-43(56)41(54)44(37(32-49)59-45)60-46-42(55)40(53)39(52)36(31-48)58-46/h11,13,16-17,34-37,39-46,48-50,52-56H,3-10,12,14-15,18-33H2,1-2H3,(H,47,51)/b13-11-,17-16-. The molecule has 12 unspecified atom stereocenters. The highest BCUT2D eigenvalue weighted by atomic mass is 16.7. The fourth-order valence-electron chi connectivity index (χ4n) is 7.74. The number of nitrogens with one attached hydrogen (secondary N) is 1. The summed E-state index contributed by atoms with van der Waals surface area (Å²) in [5, 5.41) is 86.6. The fraction of sp³-hybridized carbons (Fsp3) is 0.891. The van der Waals surface area contributed by atoms with E-state index in [0.29, 0.717) is 12.8 Å². The maximum absolute atomic E-state index is 13.1. The Labute approximate surface area is 360 Å². The minimum absolute atomic E-state index is 0.223. The molecule has 0 aromatic rings. The first kappa shape index (κ1) is 54.6. The van der Waals surface area contributed by atoms with Crippen LogP contribution in [0.4, 0.5) is 0 Å². The summed E-state index contributed by atoms with van der Waals surface area (Å²) in [4.78, 5) is 13.1. The molecule has 2 fully saturated rings. The predicted molar refractivity (Wildman–Crippen MR) is 231 cm³/mol. The van der Waals surface area contributed by atoms with Gasteiger partial charge in [0.25, 0.3) is 0 Å². The molecular weight excluding hydrogens is 774 g/mol. The van der Waals surface area contributed by atoms with E-state index in [2.05, 4.69) is 43.5 Å². The van der Waals surface area contributed by atoms with Crippen molar-refractivity contribution in [2.75, 3.05) is 19.8 Å². The molecule has 14 nitrogen and oxygen atoms in total. The van der Waals surface area contributed by atoms with Crippen molar-refractivity contribution >= 4 is 5.91 Å². The summed E-state index contributed by atoms with van der Waals surface area (Å²) in [7, 11) is 0. The molecule has 2 aliphatic rings. The molecule has 12 atom stereocenters. The van der Waals surface area contributed by atoms with Gasteiger partial charge in [-0.3, -0.25) is 4.79 Å². The van der Waals surface area contributed by atoms with Gasteiger partial charge in [-0.2, -0.15) is 0 Å². The van der Waals surface area contributed by atoms with Gasteiger partial charge < -0.3 is 65.1 Å². The van der Waals surface area contributed by atoms with E-state index >= 15 is 0 Å². The van der Waals surface area contributed by atoms with Crippen molar-refractivity contribution in [3.05, 3.63) is 24.3 Å². The third kappa shape index (κ3) is 21.7. The lowest BCUT2D eigenvalue weighted by Crippen LogP contribution is -2.65. The Kier molecular flexibility index (Phi) is 30.9. The van der Waals surface area contributed by atoms with Crippen molar-refractivity contribution in [1.82, 2.24) is 5.32 Å². The molecule has 2 heterocycles. The Morgan fingerprint density at radius 1 is 0.600 bits per heavy atom. The quantitative estimate of drug-likeness (QED) is 0.0303. The molecular formula is C46H85NO13. The van der Waals surface area contributed by atoms with E-state index in [-0.39, 0.29) is 18.9 Å². The van der Waals surface area contributed by atoms with Crippen molar-refractivity contribution < 1.29 is 64.6 Å². The summed E-state index contributed by atoms with van der Waals surface area (Å²) >= 11 is 0. The van der Waals surface area contributed by atoms with Crippen LogP contribution in [0.2, 0.25) is 0 Å². The van der Waals surface area contributed by atoms with Gasteiger partial charge in [0, 0.05) is 6.42 Å². The van der Waals surface area contributed by atoms with E-state index in [0.717, 1.165) is 70.6 Å². The van der Waals surface area contributed by atoms with Crippen LogP contribution in [-0.2, 0) is 23.7 Å². The number of carbonyl (C=O) groups excluding carboxylic acids is 1. The molecule has 352 valence electrons. The second kappa shape index (κ2) is 34.0. The smallest absolute Gasteiger partial charge is 0.220 e. The number of amides is 1. The monoisotopic (exact) mass is 860 g/mol. The summed E-state index contributed by atoms with van der Waals surface area (Å²) in [5.74, 6) is -0.223. The van der Waals surface area contributed by atoms with Crippen LogP contribution in [-0.4, -0.2) is 140 Å². The van der Waals surface area contributed by atoms with Crippen molar-refractivity contribution in [3.8, 4) is 0 Å². The van der Waals surface area contributed by atoms with Gasteiger partial charge in [0.2, 0.25) is 5.91 Å². The number of allylic oxidation sites excluding steroid dienone is 4. The lowest BCUT2D eigenvalue weighted by atomic mass is 9.97. The minimum Gasteiger partial charge on any atom is -0.394 e. The second-order valence-electron chi connectivity index (χ2n) is 16.9. The molecule has 0 spiro atoms. The Morgan fingerprint density at radius 3 is 1.70 bits per heavy atom. The predicted octanol–water partition coefficient (Wildman–Crippen LogP) is 4.99. The highest BCUT2D eigenvalue weighted by Gasteiger charge is 2.51. The van der Waals surface area contributed by atoms with E-state index in [1.54, 1.807) is 0 Å². The number of rotatable bonds is 35. The number of hydrogen-bond donors (Lipinski definition) is 9. The van der Waals surface area contributed by atoms with E-state index < -0.39 is 86.8 Å². The van der Waals surface area contributed by atoms with Crippen molar-refractivity contribution in [3.63, 3.8) is 0 Å². The average Bonchev–Trinajstić information content (AvgIpc) is 3.24. The lowest BCUT2D eigenvalue weighted by Gasteiger charge is -2.46. The Morgan fingerprint density at radius 2 is 1.10 bits per heavy atom. The highest BCUT2D eigenvalue weighted by Crippen LogP contribution is 2.30. The Bertz CT molecular complexity index is 1110. The number of carbonyl (C=O) groups is 1. The molecule has 0 aliphatic carbocycles. The van der Waals surface area contributed by atoms with Crippen molar-refractivity contribution in [1.29, 1.82) is 0 Å². The molecule has 0 saturated carbocycles. The number of aliphatic hydroxyl groups is 8. The Balaban J connectivity index is 1.87. The van der Waals surface area contributed by atoms with Crippen LogP contribution in [0.1, 0.15) is 168 Å². The SMILES string of the molecule is CCCCC/C=C\C/C=C\CCCCCCCC(=O)NC(COC1OC(CO)C(OC2OC(CO)C(O)C(O)C2O)C(O)C1O)C(O)CCCCCCCCCCCCC. The average molecular weight is 860 g/mol. The fourth-order valence-corrected chi connectivity index (χ4v) is 7.74. The van der Waals surface area contributed by atoms with Gasteiger partial charge in [0.05, 0.1) is 32.0 Å². The molecule has 2 aliphatic heterocycles. The van der Waals surface area contributed by atoms with Crippen LogP contribution >= 0.6 is 0 Å². The Hall–Kier alpha value is -1.53. The maximum atomic E-state index is 13.1. The molecule has 2 rings (SSSR count). The summed E-state index contributed by atoms with van der Waals surface area (Å²) < 4.78 is 22.7. The summed E-state index contributed by atoms with van der Waals surface area (Å²) in [6.07, 6.45) is 17.5. The number of aliphatic hydroxyl groups excluding tert-OH is 8. The molecule has 60 heavy (non-hydrogen) atoms. The largest absolute Gasteiger partial charge is 0.394 e. The van der Waals surface area contributed by atoms with Crippen LogP contribution in [0, 0.1) is 0 Å². The zero-order valence-electron chi connectivity index (χ0n) is 36.9. The second-order valence-corrected chi connectivity index (χ2v) is 16.9. The highest BCUT2D eigenvalue weighted by molar-refractivity contribution is 5.76. The first-order chi connectivity index (χ1) is 29.1. The minimum atomic E-state index is -1.78. The lowest BCUT2D eigenvalue weighted by molar-refractivity contribution is -0.359. The van der Waals surface area contributed by atoms with Gasteiger partial charge >= 0.3 is 0 Å². The molecule has 0 aromatic carbocycles. The van der Waals surface area contributed by atoms with E-state index in [9.17, 15) is 45.6 Å². The van der Waals surface area contributed by atoms with Crippen LogP contribution in [0.25, 0.3) is 0 Å². The van der Waals surface area contributed by atoms with Gasteiger partial charge in [-0.05, 0) is 44.9 Å². The van der Waals surface area contributed by atoms with E-state index in [4.69, 9.17) is 18.9 Å². The molecule has 14 heteroatoms. The zero-order valence-corrected chi connectivity index (χ0v) is 36.9. The molecule has 2 saturated heterocycles. The van der Waals surface area contributed by atoms with Crippen molar-refractivity contribution in [2.45, 2.75) is 242 Å². The normalized spacial score (nSPS) is 28.4. The van der Waals surface area contributed by atoms with Gasteiger partial charge in [-0.25, -0.2) is 0 Å². The molecule has 0 radical (unpaired) electrons. The van der Waals surface area contributed by atoms with Gasteiger partial charge in [-0.1, -0.05) is 141 Å². The van der Waals surface area contributed by atoms with E-state index in [1.807, 2.05) is 0 Å². The first-order valence-corrected chi connectivity index (χ1v) is 23.6. The number of unbranched alkanes of at least 4 members (excludes halogenated alkanes) is 18. The van der Waals surface area contributed by atoms with Crippen LogP contribution in [0.5, 0.6) is 0 Å². The van der Waals surface area contributed by atoms with Crippen LogP contribution in [0.15, 0.2) is 24.3 Å². The molecule has 0 bridgehead atoms. The maximum Gasteiger partial charge on any atom is 0.220 e. The molecule has 9 N–H and O–H groups in total. The van der Waals surface area contributed by atoms with Gasteiger partial charge in [0.1, 0.15) is 48.8 Å². The summed E-state index contributed by atoms with van der Waals surface area (Å²) in [5.41, 5.74) is 0. The summed E-state index contributed by atoms with van der Waals surface area (Å²) in [6, 6.07) is -0.831. The summed E-state index contributed by atoms with van der Waals surface area (Å²) in [6.45, 7) is 2.78. The molecule has 1 amide bonds. The zero-order chi connectivity index (χ0) is 44.0. The first-order valence-electron chi connectivity index (χ1n) is 23.6. The molecule has 0 aromatic heterocycles. The third-order valence-corrected chi connectivity index (χ3v) is 11.7. The topological polar surface area (TPSA) is 228 Å². The van der Waals surface area contributed by atoms with Crippen molar-refractivity contribution in [2.24, 2.45) is 0 Å². The third-order valence-electron chi connectivity index (χ3n) is 11.7. The van der Waals surface area contributed by atoms with E-state index in [1.165, 1.54) is 64.2 Å². The van der Waals surface area contributed by atoms with Crippen LogP contribution < -0.4 is 5.32 Å². The number of ether oxygens (including phenoxy) is 4. The number of hydrogen-bond acceptors (Lipinski definition) is 13.